The largest absolute Gasteiger partial charge is 0.508 e. The third kappa shape index (κ3) is 3.32. The fourth-order valence-electron chi connectivity index (χ4n) is 3.44. The zero-order valence-electron chi connectivity index (χ0n) is 16.5. The van der Waals surface area contributed by atoms with Crippen LogP contribution in [0.15, 0.2) is 87.1 Å². The van der Waals surface area contributed by atoms with Gasteiger partial charge >= 0.3 is 0 Å². The monoisotopic (exact) mass is 411 g/mol. The highest BCUT2D eigenvalue weighted by Gasteiger charge is 2.17. The lowest BCUT2D eigenvalue weighted by atomic mass is 10.2. The smallest absolute Gasteiger partial charge is 0.282 e. The van der Waals surface area contributed by atoms with Crippen molar-refractivity contribution in [3.8, 4) is 23.1 Å². The van der Waals surface area contributed by atoms with E-state index in [4.69, 9.17) is 9.15 Å². The topological polar surface area (TPSA) is 89.9 Å². The summed E-state index contributed by atoms with van der Waals surface area (Å²) >= 11 is 0. The van der Waals surface area contributed by atoms with Gasteiger partial charge < -0.3 is 14.3 Å². The fraction of sp³-hybridized carbons (Fsp3) is 0.0417. The molecule has 3 aromatic carbocycles. The van der Waals surface area contributed by atoms with Crippen LogP contribution in [0.25, 0.3) is 33.5 Å². The highest BCUT2D eigenvalue weighted by Crippen LogP contribution is 2.32. The third-order valence-corrected chi connectivity index (χ3v) is 4.91. The molecule has 0 atom stereocenters. The van der Waals surface area contributed by atoms with Crippen molar-refractivity contribution in [1.82, 2.24) is 9.66 Å². The number of hydrogen-bond acceptors (Lipinski definition) is 6. The Bertz CT molecular complexity index is 1510. The number of aromatic nitrogens is 2. The van der Waals surface area contributed by atoms with Crippen LogP contribution < -0.4 is 10.3 Å². The molecule has 7 heteroatoms. The van der Waals surface area contributed by atoms with Crippen molar-refractivity contribution in [3.05, 3.63) is 88.7 Å². The van der Waals surface area contributed by atoms with Crippen molar-refractivity contribution in [2.75, 3.05) is 7.11 Å². The molecule has 0 unspecified atom stereocenters. The van der Waals surface area contributed by atoms with Crippen LogP contribution in [0.5, 0.6) is 11.5 Å². The molecule has 0 aliphatic carbocycles. The Morgan fingerprint density at radius 3 is 2.71 bits per heavy atom. The summed E-state index contributed by atoms with van der Waals surface area (Å²) in [4.78, 5) is 17.9. The Kier molecular flexibility index (Phi) is 4.48. The van der Waals surface area contributed by atoms with Crippen molar-refractivity contribution >= 4 is 28.1 Å². The van der Waals surface area contributed by atoms with E-state index in [9.17, 15) is 9.90 Å². The summed E-state index contributed by atoms with van der Waals surface area (Å²) in [5, 5.41) is 15.3. The summed E-state index contributed by atoms with van der Waals surface area (Å²) in [6.45, 7) is 0. The van der Waals surface area contributed by atoms with Gasteiger partial charge in [0.15, 0.2) is 5.76 Å². The van der Waals surface area contributed by atoms with Crippen LogP contribution in [-0.4, -0.2) is 28.1 Å². The number of fused-ring (bicyclic) bond motifs is 2. The molecule has 0 aliphatic rings. The third-order valence-electron chi connectivity index (χ3n) is 4.91. The molecule has 5 aromatic rings. The predicted octanol–water partition coefficient (Wildman–Crippen LogP) is 4.41. The molecule has 0 fully saturated rings. The van der Waals surface area contributed by atoms with Gasteiger partial charge in [0, 0.05) is 0 Å². The maximum atomic E-state index is 13.2. The van der Waals surface area contributed by atoms with Gasteiger partial charge in [0.05, 0.1) is 29.6 Å². The van der Waals surface area contributed by atoms with E-state index in [0.717, 1.165) is 5.39 Å². The quantitative estimate of drug-likeness (QED) is 0.443. The molecule has 0 saturated carbocycles. The number of ether oxygens (including phenoxy) is 1. The van der Waals surface area contributed by atoms with E-state index >= 15 is 0 Å². The number of phenols is 1. The Labute approximate surface area is 176 Å². The zero-order valence-corrected chi connectivity index (χ0v) is 16.5. The number of methoxy groups -OCH3 is 1. The van der Waals surface area contributed by atoms with Gasteiger partial charge in [0.25, 0.3) is 5.56 Å². The van der Waals surface area contributed by atoms with E-state index in [0.29, 0.717) is 33.6 Å². The number of phenolic OH excluding ortho intramolecular Hbond substituents is 1. The molecule has 7 nitrogen and oxygen atoms in total. The molecule has 152 valence electrons. The molecular weight excluding hydrogens is 394 g/mol. The number of furan rings is 1. The minimum atomic E-state index is -0.329. The van der Waals surface area contributed by atoms with Crippen molar-refractivity contribution in [3.63, 3.8) is 0 Å². The molecule has 31 heavy (non-hydrogen) atoms. The van der Waals surface area contributed by atoms with Gasteiger partial charge in [-0.2, -0.15) is 9.78 Å². The number of aromatic hydroxyl groups is 1. The summed E-state index contributed by atoms with van der Waals surface area (Å²) in [5.74, 6) is 1.41. The Hall–Kier alpha value is -4.39. The zero-order chi connectivity index (χ0) is 21.4. The minimum absolute atomic E-state index is 0.109. The minimum Gasteiger partial charge on any atom is -0.508 e. The number of benzene rings is 3. The predicted molar refractivity (Wildman–Crippen MR) is 119 cm³/mol. The average molecular weight is 411 g/mol. The lowest BCUT2D eigenvalue weighted by molar-refractivity contribution is 0.419. The molecule has 0 spiro atoms. The normalized spacial score (nSPS) is 11.5. The van der Waals surface area contributed by atoms with Crippen LogP contribution in [0, 0.1) is 0 Å². The maximum Gasteiger partial charge on any atom is 0.282 e. The van der Waals surface area contributed by atoms with E-state index in [-0.39, 0.29) is 17.1 Å². The molecule has 2 heterocycles. The summed E-state index contributed by atoms with van der Waals surface area (Å²) in [6.07, 6.45) is 1.49. The second kappa shape index (κ2) is 7.46. The van der Waals surface area contributed by atoms with Crippen LogP contribution >= 0.6 is 0 Å². The average Bonchev–Trinajstić information content (AvgIpc) is 3.23. The maximum absolute atomic E-state index is 13.2. The second-order valence-electron chi connectivity index (χ2n) is 6.89. The van der Waals surface area contributed by atoms with Gasteiger partial charge in [-0.25, -0.2) is 4.98 Å². The second-order valence-corrected chi connectivity index (χ2v) is 6.89. The van der Waals surface area contributed by atoms with Crippen molar-refractivity contribution in [2.45, 2.75) is 0 Å². The summed E-state index contributed by atoms with van der Waals surface area (Å²) in [5.41, 5.74) is 1.46. The molecule has 0 radical (unpaired) electrons. The Morgan fingerprint density at radius 1 is 1.03 bits per heavy atom. The summed E-state index contributed by atoms with van der Waals surface area (Å²) in [6, 6.07) is 20.9. The van der Waals surface area contributed by atoms with E-state index in [1.165, 1.54) is 10.9 Å². The van der Waals surface area contributed by atoms with Gasteiger partial charge in [-0.05, 0) is 48.0 Å². The molecule has 5 rings (SSSR count). The van der Waals surface area contributed by atoms with Crippen LogP contribution in [0.2, 0.25) is 0 Å². The van der Waals surface area contributed by atoms with Gasteiger partial charge in [-0.15, -0.1) is 0 Å². The fourth-order valence-corrected chi connectivity index (χ4v) is 3.44. The van der Waals surface area contributed by atoms with E-state index in [1.54, 1.807) is 55.6 Å². The van der Waals surface area contributed by atoms with Gasteiger partial charge in [0.1, 0.15) is 17.1 Å². The first-order valence-corrected chi connectivity index (χ1v) is 9.56. The molecule has 1 N–H and O–H groups in total. The van der Waals surface area contributed by atoms with Gasteiger partial charge in [-0.3, -0.25) is 4.79 Å². The highest BCUT2D eigenvalue weighted by atomic mass is 16.5. The van der Waals surface area contributed by atoms with Crippen LogP contribution in [0.3, 0.4) is 0 Å². The van der Waals surface area contributed by atoms with Gasteiger partial charge in [0.2, 0.25) is 5.82 Å². The number of nitrogens with zero attached hydrogens (tertiary/aromatic N) is 3. The van der Waals surface area contributed by atoms with E-state index in [1.807, 2.05) is 24.3 Å². The highest BCUT2D eigenvalue weighted by molar-refractivity contribution is 5.88. The van der Waals surface area contributed by atoms with Crippen LogP contribution in [-0.2, 0) is 0 Å². The first-order chi connectivity index (χ1) is 15.1. The molecule has 0 amide bonds. The number of para-hydroxylation sites is 1. The SMILES string of the molecule is COc1cccc2oc(-c3nc4ccccc4c(=O)n3N=Cc3cccc(O)c3)cc12. The number of hydrogen-bond donors (Lipinski definition) is 1. The van der Waals surface area contributed by atoms with Crippen molar-refractivity contribution < 1.29 is 14.3 Å². The van der Waals surface area contributed by atoms with Gasteiger partial charge in [-0.1, -0.05) is 30.3 Å². The van der Waals surface area contributed by atoms with Crippen LogP contribution in [0.4, 0.5) is 0 Å². The lowest BCUT2D eigenvalue weighted by Gasteiger charge is -2.07. The number of rotatable bonds is 4. The first kappa shape index (κ1) is 18.6. The van der Waals surface area contributed by atoms with Crippen molar-refractivity contribution in [2.24, 2.45) is 5.10 Å². The standard InChI is InChI=1S/C24H17N3O4/c1-30-20-10-5-11-21-18(20)13-22(31-21)23-26-19-9-3-2-8-17(19)24(29)27(23)25-14-15-6-4-7-16(28)12-15/h2-14,28H,1H3. The summed E-state index contributed by atoms with van der Waals surface area (Å²) < 4.78 is 12.6. The molecular formula is C24H17N3O4. The van der Waals surface area contributed by atoms with Crippen LogP contribution in [0.1, 0.15) is 5.56 Å². The first-order valence-electron chi connectivity index (χ1n) is 9.56. The van der Waals surface area contributed by atoms with E-state index in [2.05, 4.69) is 10.1 Å². The Balaban J connectivity index is 1.75. The van der Waals surface area contributed by atoms with E-state index < -0.39 is 0 Å². The lowest BCUT2D eigenvalue weighted by Crippen LogP contribution is -2.20. The summed E-state index contributed by atoms with van der Waals surface area (Å²) in [7, 11) is 1.59. The van der Waals surface area contributed by atoms with Crippen molar-refractivity contribution in [1.29, 1.82) is 0 Å². The Morgan fingerprint density at radius 2 is 1.87 bits per heavy atom. The molecule has 0 saturated heterocycles. The molecule has 0 aliphatic heterocycles. The molecule has 0 bridgehead atoms. The molecule has 2 aromatic heterocycles.